The van der Waals surface area contributed by atoms with Gasteiger partial charge >= 0.3 is 5.97 Å². The molecule has 1 aliphatic heterocycles. The summed E-state index contributed by atoms with van der Waals surface area (Å²) in [5.41, 5.74) is 1.50. The van der Waals surface area contributed by atoms with Crippen LogP contribution in [0.2, 0.25) is 0 Å². The molecule has 1 fully saturated rings. The van der Waals surface area contributed by atoms with E-state index in [9.17, 15) is 14.3 Å². The van der Waals surface area contributed by atoms with Crippen LogP contribution in [0.5, 0.6) is 5.75 Å². The van der Waals surface area contributed by atoms with Gasteiger partial charge in [-0.05, 0) is 29.0 Å². The van der Waals surface area contributed by atoms with Gasteiger partial charge in [-0.1, -0.05) is 36.4 Å². The monoisotopic (exact) mass is 394 g/mol. The van der Waals surface area contributed by atoms with Crippen LogP contribution in [0.4, 0.5) is 10.1 Å². The number of anilines is 1. The molecular formula is C23H23FN2O3. The van der Waals surface area contributed by atoms with Crippen LogP contribution in [0.25, 0.3) is 10.8 Å². The van der Waals surface area contributed by atoms with Crippen molar-refractivity contribution < 1.29 is 19.0 Å². The number of aromatic hydroxyl groups is 1. The van der Waals surface area contributed by atoms with Crippen LogP contribution in [0, 0.1) is 5.82 Å². The van der Waals surface area contributed by atoms with E-state index in [1.165, 1.54) is 13.2 Å². The number of fused-ring (bicyclic) bond motifs is 1. The zero-order chi connectivity index (χ0) is 20.4. The van der Waals surface area contributed by atoms with E-state index in [1.807, 2.05) is 35.2 Å². The summed E-state index contributed by atoms with van der Waals surface area (Å²) < 4.78 is 18.9. The van der Waals surface area contributed by atoms with Crippen molar-refractivity contribution in [3.8, 4) is 5.75 Å². The SMILES string of the molecule is COC(=O)c1cc2ccccc2c(CN2CCN(c3ccccc3F)CC2)c1O. The highest BCUT2D eigenvalue weighted by molar-refractivity contribution is 6.00. The molecule has 1 saturated heterocycles. The second kappa shape index (κ2) is 8.09. The van der Waals surface area contributed by atoms with Gasteiger partial charge in [0.1, 0.15) is 17.1 Å². The minimum Gasteiger partial charge on any atom is -0.507 e. The molecule has 0 spiro atoms. The predicted octanol–water partition coefficient (Wildman–Crippen LogP) is 3.79. The van der Waals surface area contributed by atoms with Crippen molar-refractivity contribution in [2.75, 3.05) is 38.2 Å². The highest BCUT2D eigenvalue weighted by atomic mass is 19.1. The molecule has 3 aromatic carbocycles. The lowest BCUT2D eigenvalue weighted by Gasteiger charge is -2.36. The zero-order valence-corrected chi connectivity index (χ0v) is 16.3. The highest BCUT2D eigenvalue weighted by Gasteiger charge is 2.23. The Morgan fingerprint density at radius 2 is 1.76 bits per heavy atom. The van der Waals surface area contributed by atoms with E-state index in [0.29, 0.717) is 30.9 Å². The first-order chi connectivity index (χ1) is 14.1. The van der Waals surface area contributed by atoms with Crippen molar-refractivity contribution in [1.82, 2.24) is 4.90 Å². The number of hydrogen-bond donors (Lipinski definition) is 1. The first-order valence-electron chi connectivity index (χ1n) is 9.62. The number of benzene rings is 3. The van der Waals surface area contributed by atoms with Gasteiger partial charge in [0.05, 0.1) is 12.8 Å². The van der Waals surface area contributed by atoms with Crippen molar-refractivity contribution >= 4 is 22.4 Å². The first-order valence-corrected chi connectivity index (χ1v) is 9.62. The summed E-state index contributed by atoms with van der Waals surface area (Å²) in [6.45, 7) is 3.34. The molecule has 0 aromatic heterocycles. The number of piperazine rings is 1. The molecule has 0 saturated carbocycles. The average Bonchev–Trinajstić information content (AvgIpc) is 2.76. The molecule has 0 aliphatic carbocycles. The van der Waals surface area contributed by atoms with Gasteiger partial charge in [-0.25, -0.2) is 9.18 Å². The fraction of sp³-hybridized carbons (Fsp3) is 0.261. The average molecular weight is 394 g/mol. The minimum atomic E-state index is -0.557. The summed E-state index contributed by atoms with van der Waals surface area (Å²) in [7, 11) is 1.30. The predicted molar refractivity (Wildman–Crippen MR) is 111 cm³/mol. The molecule has 1 heterocycles. The number of carbonyl (C=O) groups is 1. The van der Waals surface area contributed by atoms with Gasteiger partial charge in [-0.3, -0.25) is 4.90 Å². The Labute approximate surface area is 168 Å². The Balaban J connectivity index is 1.58. The molecule has 0 radical (unpaired) electrons. The Hall–Kier alpha value is -3.12. The van der Waals surface area contributed by atoms with E-state index in [0.717, 1.165) is 23.9 Å². The summed E-state index contributed by atoms with van der Waals surface area (Å²) in [4.78, 5) is 16.4. The third-order valence-electron chi connectivity index (χ3n) is 5.48. The largest absolute Gasteiger partial charge is 0.507 e. The quantitative estimate of drug-likeness (QED) is 0.683. The summed E-state index contributed by atoms with van der Waals surface area (Å²) in [5, 5.41) is 12.6. The summed E-state index contributed by atoms with van der Waals surface area (Å²) in [6, 6.07) is 16.1. The van der Waals surface area contributed by atoms with Gasteiger partial charge in [0.15, 0.2) is 0 Å². The second-order valence-electron chi connectivity index (χ2n) is 7.18. The number of rotatable bonds is 4. The summed E-state index contributed by atoms with van der Waals surface area (Å²) >= 11 is 0. The Kier molecular flexibility index (Phi) is 5.36. The second-order valence-corrected chi connectivity index (χ2v) is 7.18. The van der Waals surface area contributed by atoms with Gasteiger partial charge in [0.25, 0.3) is 0 Å². The fourth-order valence-corrected chi connectivity index (χ4v) is 3.92. The molecule has 1 N–H and O–H groups in total. The highest BCUT2D eigenvalue weighted by Crippen LogP contribution is 2.33. The Morgan fingerprint density at radius 1 is 1.07 bits per heavy atom. The van der Waals surface area contributed by atoms with Gasteiger partial charge in [0, 0.05) is 38.3 Å². The maximum Gasteiger partial charge on any atom is 0.341 e. The lowest BCUT2D eigenvalue weighted by Crippen LogP contribution is -2.46. The van der Waals surface area contributed by atoms with Crippen molar-refractivity contribution in [3.05, 3.63) is 71.5 Å². The van der Waals surface area contributed by atoms with Crippen molar-refractivity contribution in [2.24, 2.45) is 0 Å². The molecule has 5 nitrogen and oxygen atoms in total. The van der Waals surface area contributed by atoms with E-state index < -0.39 is 5.97 Å². The van der Waals surface area contributed by atoms with E-state index in [1.54, 1.807) is 18.2 Å². The third-order valence-corrected chi connectivity index (χ3v) is 5.48. The molecule has 0 atom stereocenters. The number of halogens is 1. The molecule has 29 heavy (non-hydrogen) atoms. The summed E-state index contributed by atoms with van der Waals surface area (Å²) in [6.07, 6.45) is 0. The lowest BCUT2D eigenvalue weighted by molar-refractivity contribution is 0.0597. The topological polar surface area (TPSA) is 53.0 Å². The van der Waals surface area contributed by atoms with Crippen LogP contribution in [-0.2, 0) is 11.3 Å². The van der Waals surface area contributed by atoms with Crippen LogP contribution >= 0.6 is 0 Å². The number of para-hydroxylation sites is 1. The first kappa shape index (κ1) is 19.2. The maximum atomic E-state index is 14.1. The molecule has 150 valence electrons. The normalized spacial score (nSPS) is 14.9. The van der Waals surface area contributed by atoms with Crippen molar-refractivity contribution in [1.29, 1.82) is 0 Å². The van der Waals surface area contributed by atoms with Crippen molar-refractivity contribution in [3.63, 3.8) is 0 Å². The zero-order valence-electron chi connectivity index (χ0n) is 16.3. The van der Waals surface area contributed by atoms with Gasteiger partial charge < -0.3 is 14.7 Å². The smallest absolute Gasteiger partial charge is 0.341 e. The van der Waals surface area contributed by atoms with Gasteiger partial charge in [-0.2, -0.15) is 0 Å². The minimum absolute atomic E-state index is 0.0351. The van der Waals surface area contributed by atoms with E-state index in [4.69, 9.17) is 4.74 Å². The summed E-state index contributed by atoms with van der Waals surface area (Å²) in [5.74, 6) is -0.804. The van der Waals surface area contributed by atoms with Crippen LogP contribution < -0.4 is 4.90 Å². The molecule has 4 rings (SSSR count). The number of nitrogens with zero attached hydrogens (tertiary/aromatic N) is 2. The number of methoxy groups -OCH3 is 1. The molecule has 1 aliphatic rings. The van der Waals surface area contributed by atoms with Crippen LogP contribution in [-0.4, -0.2) is 49.3 Å². The van der Waals surface area contributed by atoms with Crippen LogP contribution in [0.1, 0.15) is 15.9 Å². The molecule has 0 unspecified atom stereocenters. The van der Waals surface area contributed by atoms with E-state index >= 15 is 0 Å². The maximum absolute atomic E-state index is 14.1. The Bertz CT molecular complexity index is 1050. The molecule has 0 bridgehead atoms. The molecule has 3 aromatic rings. The van der Waals surface area contributed by atoms with Crippen LogP contribution in [0.3, 0.4) is 0 Å². The number of hydrogen-bond acceptors (Lipinski definition) is 5. The lowest BCUT2D eigenvalue weighted by atomic mass is 9.98. The van der Waals surface area contributed by atoms with Crippen molar-refractivity contribution in [2.45, 2.75) is 6.54 Å². The molecular weight excluding hydrogens is 371 g/mol. The number of ether oxygens (including phenoxy) is 1. The van der Waals surface area contributed by atoms with Crippen LogP contribution in [0.15, 0.2) is 54.6 Å². The Morgan fingerprint density at radius 3 is 2.48 bits per heavy atom. The molecule has 6 heteroatoms. The van der Waals surface area contributed by atoms with E-state index in [-0.39, 0.29) is 17.1 Å². The van der Waals surface area contributed by atoms with Gasteiger partial charge in [-0.15, -0.1) is 0 Å². The van der Waals surface area contributed by atoms with E-state index in [2.05, 4.69) is 4.90 Å². The standard InChI is InChI=1S/C23H23FN2O3/c1-29-23(28)18-14-16-6-2-3-7-17(16)19(22(18)27)15-25-10-12-26(13-11-25)21-9-5-4-8-20(21)24/h2-9,14,27H,10-13,15H2,1H3. The third kappa shape index (κ3) is 3.76. The number of carbonyl (C=O) groups excluding carboxylic acids is 1. The number of esters is 1. The van der Waals surface area contributed by atoms with Gasteiger partial charge in [0.2, 0.25) is 0 Å². The fourth-order valence-electron chi connectivity index (χ4n) is 3.92. The number of phenols is 1. The molecule has 0 amide bonds. The number of phenolic OH excluding ortho intramolecular Hbond substituents is 1.